The van der Waals surface area contributed by atoms with E-state index in [0.717, 1.165) is 6.54 Å². The van der Waals surface area contributed by atoms with Crippen LogP contribution in [0.15, 0.2) is 10.2 Å². The fraction of sp³-hybridized carbons (Fsp3) is 1.00. The molecule has 1 N–H and O–H groups in total. The van der Waals surface area contributed by atoms with Crippen molar-refractivity contribution >= 4 is 0 Å². The Morgan fingerprint density at radius 1 is 1.33 bits per heavy atom. The maximum Gasteiger partial charge on any atom is 0.135 e. The number of nitrogens with one attached hydrogen (secondary N) is 1. The van der Waals surface area contributed by atoms with Crippen LogP contribution in [0, 0.1) is 5.92 Å². The third-order valence-electron chi connectivity index (χ3n) is 1.37. The van der Waals surface area contributed by atoms with E-state index in [4.69, 9.17) is 0 Å². The molecule has 72 valence electrons. The summed E-state index contributed by atoms with van der Waals surface area (Å²) in [5.41, 5.74) is 3.19. The van der Waals surface area contributed by atoms with Gasteiger partial charge < -0.3 is 0 Å². The lowest BCUT2D eigenvalue weighted by atomic mass is 10.2. The molecule has 4 nitrogen and oxygen atoms in total. The summed E-state index contributed by atoms with van der Waals surface area (Å²) in [5.74, 6) is 0.461. The van der Waals surface area contributed by atoms with E-state index < -0.39 is 0 Å². The average Bonchev–Trinajstić information content (AvgIpc) is 1.96. The summed E-state index contributed by atoms with van der Waals surface area (Å²) in [6.07, 6.45) is 0.0972. The minimum Gasteiger partial charge on any atom is -0.249 e. The Morgan fingerprint density at radius 2 is 1.92 bits per heavy atom. The second kappa shape index (κ2) is 6.08. The van der Waals surface area contributed by atoms with Crippen molar-refractivity contribution < 1.29 is 0 Å². The molecule has 0 aromatic carbocycles. The quantitative estimate of drug-likeness (QED) is 0.504. The molecule has 0 aromatic rings. The molecule has 0 saturated heterocycles. The highest BCUT2D eigenvalue weighted by Crippen LogP contribution is 2.03. The standard InChI is InChI=1S/C8H20N4/c1-6-9-10-8(7(2)3)11-12(4)5/h7-8,11H,6H2,1-5H3. The van der Waals surface area contributed by atoms with E-state index in [1.54, 1.807) is 0 Å². The van der Waals surface area contributed by atoms with Gasteiger partial charge >= 0.3 is 0 Å². The molecule has 0 saturated carbocycles. The maximum absolute atomic E-state index is 4.15. The molecule has 1 unspecified atom stereocenters. The van der Waals surface area contributed by atoms with Crippen molar-refractivity contribution in [3.05, 3.63) is 0 Å². The summed E-state index contributed by atoms with van der Waals surface area (Å²) in [7, 11) is 3.91. The minimum absolute atomic E-state index is 0.0972. The first-order valence-electron chi connectivity index (χ1n) is 4.38. The van der Waals surface area contributed by atoms with E-state index >= 15 is 0 Å². The SMILES string of the molecule is CCN=NC(NN(C)C)C(C)C. The Kier molecular flexibility index (Phi) is 5.84. The lowest BCUT2D eigenvalue weighted by molar-refractivity contribution is 0.207. The lowest BCUT2D eigenvalue weighted by Gasteiger charge is -2.21. The van der Waals surface area contributed by atoms with E-state index in [1.165, 1.54) is 0 Å². The monoisotopic (exact) mass is 172 g/mol. The number of hydrogen-bond acceptors (Lipinski definition) is 4. The Morgan fingerprint density at radius 3 is 2.25 bits per heavy atom. The van der Waals surface area contributed by atoms with Crippen molar-refractivity contribution in [3.63, 3.8) is 0 Å². The molecule has 0 spiro atoms. The fourth-order valence-corrected chi connectivity index (χ4v) is 0.742. The van der Waals surface area contributed by atoms with Gasteiger partial charge in [0, 0.05) is 14.1 Å². The summed E-state index contributed by atoms with van der Waals surface area (Å²) >= 11 is 0. The van der Waals surface area contributed by atoms with Crippen molar-refractivity contribution in [1.82, 2.24) is 10.4 Å². The summed E-state index contributed by atoms with van der Waals surface area (Å²) in [6.45, 7) is 6.97. The molecule has 0 radical (unpaired) electrons. The van der Waals surface area contributed by atoms with Gasteiger partial charge in [-0.15, -0.1) is 0 Å². The van der Waals surface area contributed by atoms with E-state index in [1.807, 2.05) is 26.0 Å². The van der Waals surface area contributed by atoms with Crippen molar-refractivity contribution in [1.29, 1.82) is 0 Å². The first kappa shape index (κ1) is 11.5. The second-order valence-electron chi connectivity index (χ2n) is 3.29. The van der Waals surface area contributed by atoms with Gasteiger partial charge in [0.1, 0.15) is 6.17 Å². The van der Waals surface area contributed by atoms with E-state index in [0.29, 0.717) is 5.92 Å². The molecule has 0 fully saturated rings. The summed E-state index contributed by atoms with van der Waals surface area (Å²) < 4.78 is 0. The molecule has 0 aliphatic carbocycles. The highest BCUT2D eigenvalue weighted by atomic mass is 15.5. The molecule has 0 rings (SSSR count). The predicted octanol–water partition coefficient (Wildman–Crippen LogP) is 1.51. The second-order valence-corrected chi connectivity index (χ2v) is 3.29. The summed E-state index contributed by atoms with van der Waals surface area (Å²) in [6, 6.07) is 0. The summed E-state index contributed by atoms with van der Waals surface area (Å²) in [5, 5.41) is 10.0. The Bertz CT molecular complexity index is 131. The van der Waals surface area contributed by atoms with Crippen LogP contribution in [0.3, 0.4) is 0 Å². The molecule has 0 aromatic heterocycles. The zero-order valence-electron chi connectivity index (χ0n) is 8.70. The van der Waals surface area contributed by atoms with E-state index in [-0.39, 0.29) is 6.17 Å². The smallest absolute Gasteiger partial charge is 0.135 e. The average molecular weight is 172 g/mol. The van der Waals surface area contributed by atoms with Gasteiger partial charge in [-0.25, -0.2) is 10.4 Å². The third-order valence-corrected chi connectivity index (χ3v) is 1.37. The first-order chi connectivity index (χ1) is 5.57. The van der Waals surface area contributed by atoms with Crippen LogP contribution in [0.4, 0.5) is 0 Å². The van der Waals surface area contributed by atoms with Gasteiger partial charge in [-0.1, -0.05) is 13.8 Å². The van der Waals surface area contributed by atoms with Crippen LogP contribution >= 0.6 is 0 Å². The molecule has 0 heterocycles. The highest BCUT2D eigenvalue weighted by molar-refractivity contribution is 4.62. The van der Waals surface area contributed by atoms with Gasteiger partial charge in [0.2, 0.25) is 0 Å². The molecule has 0 amide bonds. The van der Waals surface area contributed by atoms with Gasteiger partial charge in [0.05, 0.1) is 6.54 Å². The molecule has 0 aliphatic heterocycles. The molecule has 0 bridgehead atoms. The van der Waals surface area contributed by atoms with E-state index in [9.17, 15) is 0 Å². The molecule has 1 atom stereocenters. The van der Waals surface area contributed by atoms with Crippen LogP contribution in [-0.2, 0) is 0 Å². The topological polar surface area (TPSA) is 40.0 Å². The van der Waals surface area contributed by atoms with Gasteiger partial charge in [-0.05, 0) is 12.8 Å². The van der Waals surface area contributed by atoms with Crippen LogP contribution in [0.25, 0.3) is 0 Å². The number of hydrogen-bond donors (Lipinski definition) is 1. The predicted molar refractivity (Wildman–Crippen MR) is 50.8 cm³/mol. The zero-order valence-corrected chi connectivity index (χ0v) is 8.70. The number of azo groups is 1. The number of nitrogens with zero attached hydrogens (tertiary/aromatic N) is 3. The number of hydrazine groups is 1. The lowest BCUT2D eigenvalue weighted by Crippen LogP contribution is -2.41. The van der Waals surface area contributed by atoms with Crippen molar-refractivity contribution in [2.24, 2.45) is 16.1 Å². The third kappa shape index (κ3) is 5.21. The zero-order chi connectivity index (χ0) is 9.56. The summed E-state index contributed by atoms with van der Waals surface area (Å²) in [4.78, 5) is 0. The highest BCUT2D eigenvalue weighted by Gasteiger charge is 2.11. The Labute approximate surface area is 75.0 Å². The molecule has 0 aliphatic rings. The van der Waals surface area contributed by atoms with Crippen LogP contribution in [-0.4, -0.2) is 31.8 Å². The largest absolute Gasteiger partial charge is 0.249 e. The Balaban J connectivity index is 3.95. The van der Waals surface area contributed by atoms with Gasteiger partial charge in [-0.2, -0.15) is 10.2 Å². The Hall–Kier alpha value is -0.480. The first-order valence-corrected chi connectivity index (χ1v) is 4.38. The number of rotatable bonds is 5. The van der Waals surface area contributed by atoms with Crippen molar-refractivity contribution in [2.75, 3.05) is 20.6 Å². The molecular formula is C8H20N4. The molecule has 4 heteroatoms. The van der Waals surface area contributed by atoms with Gasteiger partial charge in [0.15, 0.2) is 0 Å². The van der Waals surface area contributed by atoms with Crippen molar-refractivity contribution in [3.8, 4) is 0 Å². The van der Waals surface area contributed by atoms with Gasteiger partial charge in [-0.3, -0.25) is 0 Å². The van der Waals surface area contributed by atoms with Crippen LogP contribution in [0.2, 0.25) is 0 Å². The molecule has 12 heavy (non-hydrogen) atoms. The van der Waals surface area contributed by atoms with Crippen molar-refractivity contribution in [2.45, 2.75) is 26.9 Å². The van der Waals surface area contributed by atoms with Crippen LogP contribution in [0.1, 0.15) is 20.8 Å². The van der Waals surface area contributed by atoms with Gasteiger partial charge in [0.25, 0.3) is 0 Å². The minimum atomic E-state index is 0.0972. The normalized spacial score (nSPS) is 14.9. The van der Waals surface area contributed by atoms with Crippen LogP contribution in [0.5, 0.6) is 0 Å². The van der Waals surface area contributed by atoms with Crippen LogP contribution < -0.4 is 5.43 Å². The fourth-order valence-electron chi connectivity index (χ4n) is 0.742. The van der Waals surface area contributed by atoms with E-state index in [2.05, 4.69) is 29.5 Å². The molecular weight excluding hydrogens is 152 g/mol. The maximum atomic E-state index is 4.15.